The van der Waals surface area contributed by atoms with Gasteiger partial charge in [0.15, 0.2) is 0 Å². The Morgan fingerprint density at radius 1 is 1.24 bits per heavy atom. The van der Waals surface area contributed by atoms with Gasteiger partial charge in [0.05, 0.1) is 12.2 Å². The summed E-state index contributed by atoms with van der Waals surface area (Å²) in [6.45, 7) is 0. The summed E-state index contributed by atoms with van der Waals surface area (Å²) in [6, 6.07) is 8.60. The molecule has 0 radical (unpaired) electrons. The lowest BCUT2D eigenvalue weighted by atomic mass is 10.2. The zero-order valence-electron chi connectivity index (χ0n) is 11.5. The maximum Gasteiger partial charge on any atom is 0.326 e. The van der Waals surface area contributed by atoms with Crippen molar-refractivity contribution in [1.82, 2.24) is 5.32 Å². The molecule has 0 aromatic heterocycles. The Hall–Kier alpha value is -2.02. The number of hydrogen-bond acceptors (Lipinski definition) is 4. The number of nitrogens with one attached hydrogen (secondary N) is 1. The number of primary amides is 1. The van der Waals surface area contributed by atoms with Crippen LogP contribution in [-0.4, -0.2) is 40.4 Å². The molecular formula is C14H18N2O4S. The van der Waals surface area contributed by atoms with Crippen LogP contribution in [0.5, 0.6) is 0 Å². The van der Waals surface area contributed by atoms with E-state index < -0.39 is 30.2 Å². The number of aryl methyl sites for hydroxylation is 1. The second-order valence-electron chi connectivity index (χ2n) is 4.42. The second-order valence-corrected chi connectivity index (χ2v) is 5.52. The standard InChI is InChI=1S/C14H18N2O4S/c15-12(17)8-11(14(19)20)16-13(18)9-21-7-6-10-4-2-1-3-5-10/h1-5,11H,6-9H2,(H2,15,17)(H,16,18)(H,19,20)/t11-/m0/s1. The van der Waals surface area contributed by atoms with Gasteiger partial charge in [-0.2, -0.15) is 11.8 Å². The van der Waals surface area contributed by atoms with Crippen molar-refractivity contribution >= 4 is 29.5 Å². The SMILES string of the molecule is NC(=O)C[C@H](NC(=O)CSCCc1ccccc1)C(=O)O. The monoisotopic (exact) mass is 310 g/mol. The van der Waals surface area contributed by atoms with Crippen LogP contribution in [0.2, 0.25) is 0 Å². The molecule has 6 nitrogen and oxygen atoms in total. The number of carbonyl (C=O) groups excluding carboxylic acids is 2. The molecule has 0 heterocycles. The highest BCUT2D eigenvalue weighted by Crippen LogP contribution is 2.07. The Balaban J connectivity index is 2.26. The number of thioether (sulfide) groups is 1. The molecule has 21 heavy (non-hydrogen) atoms. The zero-order chi connectivity index (χ0) is 15.7. The van der Waals surface area contributed by atoms with Crippen LogP contribution in [0.15, 0.2) is 30.3 Å². The van der Waals surface area contributed by atoms with Gasteiger partial charge in [-0.05, 0) is 17.7 Å². The van der Waals surface area contributed by atoms with E-state index in [0.717, 1.165) is 12.2 Å². The number of aliphatic carboxylic acids is 1. The highest BCUT2D eigenvalue weighted by molar-refractivity contribution is 7.99. The molecule has 0 saturated carbocycles. The molecule has 0 fully saturated rings. The van der Waals surface area contributed by atoms with Crippen molar-refractivity contribution in [3.63, 3.8) is 0 Å². The molecule has 4 N–H and O–H groups in total. The molecule has 0 aliphatic rings. The van der Waals surface area contributed by atoms with Crippen molar-refractivity contribution in [2.75, 3.05) is 11.5 Å². The molecule has 2 amide bonds. The first-order valence-corrected chi connectivity index (χ1v) is 7.56. The minimum atomic E-state index is -1.27. The fourth-order valence-electron chi connectivity index (χ4n) is 1.64. The minimum absolute atomic E-state index is 0.148. The third-order valence-electron chi connectivity index (χ3n) is 2.65. The van der Waals surface area contributed by atoms with Gasteiger partial charge in [0.25, 0.3) is 0 Å². The molecule has 0 saturated heterocycles. The number of carboxylic acid groups (broad SMARTS) is 1. The molecule has 1 rings (SSSR count). The lowest BCUT2D eigenvalue weighted by Gasteiger charge is -2.12. The summed E-state index contributed by atoms with van der Waals surface area (Å²) in [6.07, 6.45) is 0.429. The predicted molar refractivity (Wildman–Crippen MR) is 80.8 cm³/mol. The van der Waals surface area contributed by atoms with E-state index in [0.29, 0.717) is 0 Å². The Labute approximate surface area is 127 Å². The largest absolute Gasteiger partial charge is 0.480 e. The summed E-state index contributed by atoms with van der Waals surface area (Å²) in [5.41, 5.74) is 6.12. The van der Waals surface area contributed by atoms with Crippen LogP contribution in [0.25, 0.3) is 0 Å². The van der Waals surface area contributed by atoms with Crippen molar-refractivity contribution in [2.45, 2.75) is 18.9 Å². The minimum Gasteiger partial charge on any atom is -0.480 e. The first-order valence-electron chi connectivity index (χ1n) is 6.41. The van der Waals surface area contributed by atoms with E-state index in [4.69, 9.17) is 10.8 Å². The van der Waals surface area contributed by atoms with Gasteiger partial charge in [0.1, 0.15) is 6.04 Å². The summed E-state index contributed by atoms with van der Waals surface area (Å²) >= 11 is 1.41. The maximum atomic E-state index is 11.6. The van der Waals surface area contributed by atoms with Crippen LogP contribution >= 0.6 is 11.8 Å². The predicted octanol–water partition coefficient (Wildman–Crippen LogP) is 0.407. The van der Waals surface area contributed by atoms with Gasteiger partial charge in [0.2, 0.25) is 11.8 Å². The van der Waals surface area contributed by atoms with E-state index in [1.54, 1.807) is 0 Å². The molecule has 114 valence electrons. The summed E-state index contributed by atoms with van der Waals surface area (Å²) in [5, 5.41) is 11.1. The molecular weight excluding hydrogens is 292 g/mol. The molecule has 0 bridgehead atoms. The molecule has 7 heteroatoms. The van der Waals surface area contributed by atoms with Crippen LogP contribution in [0.4, 0.5) is 0 Å². The number of nitrogens with two attached hydrogens (primary N) is 1. The highest BCUT2D eigenvalue weighted by atomic mass is 32.2. The highest BCUT2D eigenvalue weighted by Gasteiger charge is 2.21. The number of rotatable bonds is 9. The Kier molecular flexibility index (Phi) is 7.31. The van der Waals surface area contributed by atoms with E-state index in [9.17, 15) is 14.4 Å². The van der Waals surface area contributed by atoms with E-state index in [1.807, 2.05) is 30.3 Å². The van der Waals surface area contributed by atoms with E-state index in [-0.39, 0.29) is 5.75 Å². The number of carboxylic acids is 1. The van der Waals surface area contributed by atoms with Crippen LogP contribution in [0.3, 0.4) is 0 Å². The van der Waals surface area contributed by atoms with Gasteiger partial charge in [-0.3, -0.25) is 9.59 Å². The van der Waals surface area contributed by atoms with Crippen molar-refractivity contribution in [3.05, 3.63) is 35.9 Å². The number of benzene rings is 1. The van der Waals surface area contributed by atoms with Crippen molar-refractivity contribution in [3.8, 4) is 0 Å². The summed E-state index contributed by atoms with van der Waals surface area (Å²) in [7, 11) is 0. The van der Waals surface area contributed by atoms with Gasteiger partial charge in [-0.15, -0.1) is 0 Å². The van der Waals surface area contributed by atoms with Crippen LogP contribution in [0, 0.1) is 0 Å². The molecule has 0 spiro atoms. The average molecular weight is 310 g/mol. The Morgan fingerprint density at radius 2 is 1.90 bits per heavy atom. The molecule has 1 atom stereocenters. The number of carbonyl (C=O) groups is 3. The zero-order valence-corrected chi connectivity index (χ0v) is 12.3. The fourth-order valence-corrected chi connectivity index (χ4v) is 2.43. The van der Waals surface area contributed by atoms with Crippen LogP contribution in [0.1, 0.15) is 12.0 Å². The number of hydrogen-bond donors (Lipinski definition) is 3. The van der Waals surface area contributed by atoms with Crippen molar-refractivity contribution < 1.29 is 19.5 Å². The molecule has 0 aliphatic carbocycles. The van der Waals surface area contributed by atoms with Crippen molar-refractivity contribution in [1.29, 1.82) is 0 Å². The van der Waals surface area contributed by atoms with Gasteiger partial charge < -0.3 is 16.2 Å². The molecule has 0 unspecified atom stereocenters. The van der Waals surface area contributed by atoms with E-state index >= 15 is 0 Å². The third kappa shape index (κ3) is 7.36. The average Bonchev–Trinajstić information content (AvgIpc) is 2.43. The van der Waals surface area contributed by atoms with Crippen LogP contribution in [-0.2, 0) is 20.8 Å². The maximum absolute atomic E-state index is 11.6. The second kappa shape index (κ2) is 9.02. The summed E-state index contributed by atoms with van der Waals surface area (Å²) in [5.74, 6) is -1.54. The van der Waals surface area contributed by atoms with Gasteiger partial charge in [0, 0.05) is 0 Å². The van der Waals surface area contributed by atoms with Gasteiger partial charge in [-0.25, -0.2) is 4.79 Å². The Bertz CT molecular complexity index is 493. The van der Waals surface area contributed by atoms with Crippen molar-refractivity contribution in [2.24, 2.45) is 5.73 Å². The summed E-state index contributed by atoms with van der Waals surface area (Å²) in [4.78, 5) is 33.2. The smallest absolute Gasteiger partial charge is 0.326 e. The quantitative estimate of drug-likeness (QED) is 0.572. The first-order chi connectivity index (χ1) is 9.99. The fraction of sp³-hybridized carbons (Fsp3) is 0.357. The third-order valence-corrected chi connectivity index (χ3v) is 3.61. The normalized spacial score (nSPS) is 11.6. The lowest BCUT2D eigenvalue weighted by molar-refractivity contribution is -0.143. The molecule has 1 aromatic rings. The first kappa shape index (κ1) is 17.0. The Morgan fingerprint density at radius 3 is 2.48 bits per heavy atom. The van der Waals surface area contributed by atoms with Gasteiger partial charge in [-0.1, -0.05) is 30.3 Å². The van der Waals surface area contributed by atoms with E-state index in [2.05, 4.69) is 5.32 Å². The number of amides is 2. The van der Waals surface area contributed by atoms with Crippen LogP contribution < -0.4 is 11.1 Å². The summed E-state index contributed by atoms with van der Waals surface area (Å²) < 4.78 is 0. The lowest BCUT2D eigenvalue weighted by Crippen LogP contribution is -2.44. The molecule has 1 aromatic carbocycles. The molecule has 0 aliphatic heterocycles. The topological polar surface area (TPSA) is 109 Å². The van der Waals surface area contributed by atoms with E-state index in [1.165, 1.54) is 17.3 Å². The van der Waals surface area contributed by atoms with Gasteiger partial charge >= 0.3 is 5.97 Å².